The number of benzene rings is 2. The topological polar surface area (TPSA) is 62.8 Å². The molecular formula is C23H29N3O3. The number of nitrogens with zero attached hydrogens (tertiary/aromatic N) is 1. The van der Waals surface area contributed by atoms with Gasteiger partial charge in [-0.25, -0.2) is 0 Å². The van der Waals surface area contributed by atoms with E-state index in [-0.39, 0.29) is 12.7 Å². The first-order valence-corrected chi connectivity index (χ1v) is 10.4. The summed E-state index contributed by atoms with van der Waals surface area (Å²) in [6, 6.07) is 14.1. The van der Waals surface area contributed by atoms with Gasteiger partial charge in [0, 0.05) is 44.0 Å². The Balaban J connectivity index is 1.18. The quantitative estimate of drug-likeness (QED) is 0.699. The van der Waals surface area contributed by atoms with Crippen LogP contribution in [-0.2, 0) is 11.3 Å². The Labute approximate surface area is 172 Å². The molecule has 2 N–H and O–H groups in total. The molecule has 2 aliphatic heterocycles. The number of hydrogen-bond acceptors (Lipinski definition) is 5. The summed E-state index contributed by atoms with van der Waals surface area (Å²) in [5.74, 6) is 2.41. The maximum atomic E-state index is 12.2. The second kappa shape index (κ2) is 9.18. The van der Waals surface area contributed by atoms with E-state index in [1.54, 1.807) is 0 Å². The van der Waals surface area contributed by atoms with Crippen LogP contribution in [0.4, 0.5) is 11.4 Å². The van der Waals surface area contributed by atoms with Crippen LogP contribution in [0.2, 0.25) is 0 Å². The third-order valence-electron chi connectivity index (χ3n) is 5.59. The molecule has 0 spiro atoms. The minimum Gasteiger partial charge on any atom is -0.454 e. The maximum absolute atomic E-state index is 12.2. The molecule has 4 rings (SSSR count). The molecule has 1 saturated heterocycles. The lowest BCUT2D eigenvalue weighted by Crippen LogP contribution is -2.32. The summed E-state index contributed by atoms with van der Waals surface area (Å²) in [5, 5.41) is 6.28. The van der Waals surface area contributed by atoms with Crippen LogP contribution in [0, 0.1) is 5.92 Å². The summed E-state index contributed by atoms with van der Waals surface area (Å²) in [6.45, 7) is 6.13. The molecule has 29 heavy (non-hydrogen) atoms. The van der Waals surface area contributed by atoms with E-state index in [2.05, 4.69) is 34.6 Å². The molecule has 0 bridgehead atoms. The van der Waals surface area contributed by atoms with Crippen molar-refractivity contribution >= 4 is 17.3 Å². The van der Waals surface area contributed by atoms with Crippen molar-refractivity contribution < 1.29 is 14.3 Å². The molecule has 0 saturated carbocycles. The van der Waals surface area contributed by atoms with Gasteiger partial charge in [0.05, 0.1) is 0 Å². The zero-order chi connectivity index (χ0) is 20.1. The third kappa shape index (κ3) is 5.21. The highest BCUT2D eigenvalue weighted by Gasteiger charge is 2.16. The van der Waals surface area contributed by atoms with Crippen LogP contribution in [-0.4, -0.2) is 32.3 Å². The van der Waals surface area contributed by atoms with E-state index in [0.717, 1.165) is 41.8 Å². The fraction of sp³-hybridized carbons (Fsp3) is 0.435. The van der Waals surface area contributed by atoms with Crippen LogP contribution in [0.15, 0.2) is 42.5 Å². The minimum atomic E-state index is 0.0164. The zero-order valence-electron chi connectivity index (χ0n) is 16.9. The lowest BCUT2D eigenvalue weighted by molar-refractivity contribution is -0.116. The van der Waals surface area contributed by atoms with Crippen molar-refractivity contribution in [2.24, 2.45) is 5.92 Å². The number of anilines is 2. The molecule has 2 heterocycles. The van der Waals surface area contributed by atoms with E-state index in [4.69, 9.17) is 9.47 Å². The molecule has 0 aromatic heterocycles. The molecule has 2 aliphatic rings. The molecule has 0 unspecified atom stereocenters. The largest absolute Gasteiger partial charge is 0.454 e. The van der Waals surface area contributed by atoms with Gasteiger partial charge in [-0.3, -0.25) is 4.79 Å². The average Bonchev–Trinajstić information content (AvgIpc) is 3.20. The van der Waals surface area contributed by atoms with E-state index >= 15 is 0 Å². The predicted octanol–water partition coefficient (Wildman–Crippen LogP) is 3.77. The number of carbonyl (C=O) groups excluding carboxylic acids is 1. The SMILES string of the molecule is CC1CCN(c2ccc(NC(=O)CCNCc3ccc4c(c3)OCO4)cc2)CC1. The van der Waals surface area contributed by atoms with E-state index in [9.17, 15) is 4.79 Å². The summed E-state index contributed by atoms with van der Waals surface area (Å²) >= 11 is 0. The first kappa shape index (κ1) is 19.6. The van der Waals surface area contributed by atoms with Crippen LogP contribution >= 0.6 is 0 Å². The molecule has 1 fully saturated rings. The zero-order valence-corrected chi connectivity index (χ0v) is 16.9. The minimum absolute atomic E-state index is 0.0164. The van der Waals surface area contributed by atoms with Crippen LogP contribution in [0.3, 0.4) is 0 Å². The van der Waals surface area contributed by atoms with Gasteiger partial charge < -0.3 is 25.0 Å². The van der Waals surface area contributed by atoms with Crippen LogP contribution in [0.5, 0.6) is 11.5 Å². The van der Waals surface area contributed by atoms with Crippen LogP contribution in [0.25, 0.3) is 0 Å². The first-order valence-electron chi connectivity index (χ1n) is 10.4. The van der Waals surface area contributed by atoms with E-state index in [0.29, 0.717) is 19.5 Å². The highest BCUT2D eigenvalue weighted by molar-refractivity contribution is 5.91. The van der Waals surface area contributed by atoms with E-state index < -0.39 is 0 Å². The van der Waals surface area contributed by atoms with Gasteiger partial charge >= 0.3 is 0 Å². The van der Waals surface area contributed by atoms with Gasteiger partial charge in [0.25, 0.3) is 0 Å². The standard InChI is InChI=1S/C23H29N3O3/c1-17-9-12-26(13-10-17)20-5-3-19(4-6-20)25-23(27)8-11-24-15-18-2-7-21-22(14-18)29-16-28-21/h2-7,14,17,24H,8-13,15-16H2,1H3,(H,25,27). The van der Waals surface area contributed by atoms with Crippen molar-refractivity contribution in [2.45, 2.75) is 32.7 Å². The molecule has 6 nitrogen and oxygen atoms in total. The summed E-state index contributed by atoms with van der Waals surface area (Å²) in [5.41, 5.74) is 3.19. The van der Waals surface area contributed by atoms with Crippen molar-refractivity contribution in [3.8, 4) is 11.5 Å². The lowest BCUT2D eigenvalue weighted by atomic mass is 9.99. The Morgan fingerprint density at radius 1 is 1.07 bits per heavy atom. The molecular weight excluding hydrogens is 366 g/mol. The van der Waals surface area contributed by atoms with E-state index in [1.165, 1.54) is 18.5 Å². The van der Waals surface area contributed by atoms with Crippen molar-refractivity contribution in [1.29, 1.82) is 0 Å². The number of amides is 1. The predicted molar refractivity (Wildman–Crippen MR) is 115 cm³/mol. The highest BCUT2D eigenvalue weighted by atomic mass is 16.7. The average molecular weight is 396 g/mol. The van der Waals surface area contributed by atoms with Gasteiger partial charge in [0.2, 0.25) is 12.7 Å². The molecule has 154 valence electrons. The molecule has 1 amide bonds. The first-order chi connectivity index (χ1) is 14.2. The van der Waals surface area contributed by atoms with Gasteiger partial charge in [-0.2, -0.15) is 0 Å². The van der Waals surface area contributed by atoms with Gasteiger partial charge in [-0.1, -0.05) is 13.0 Å². The number of nitrogens with one attached hydrogen (secondary N) is 2. The monoisotopic (exact) mass is 395 g/mol. The van der Waals surface area contributed by atoms with Gasteiger partial charge in [-0.05, 0) is 60.7 Å². The van der Waals surface area contributed by atoms with Crippen molar-refractivity contribution in [3.05, 3.63) is 48.0 Å². The third-order valence-corrected chi connectivity index (χ3v) is 5.59. The number of rotatable bonds is 7. The number of piperidine rings is 1. The molecule has 6 heteroatoms. The number of fused-ring (bicyclic) bond motifs is 1. The number of carbonyl (C=O) groups is 1. The normalized spacial score (nSPS) is 16.1. The highest BCUT2D eigenvalue weighted by Crippen LogP contribution is 2.32. The Hall–Kier alpha value is -2.73. The fourth-order valence-corrected chi connectivity index (χ4v) is 3.73. The Kier molecular flexibility index (Phi) is 6.20. The fourth-order valence-electron chi connectivity index (χ4n) is 3.73. The lowest BCUT2D eigenvalue weighted by Gasteiger charge is -2.32. The number of hydrogen-bond donors (Lipinski definition) is 2. The van der Waals surface area contributed by atoms with Crippen LogP contribution < -0.4 is 25.0 Å². The van der Waals surface area contributed by atoms with E-state index in [1.807, 2.05) is 30.3 Å². The molecule has 0 atom stereocenters. The molecule has 0 radical (unpaired) electrons. The van der Waals surface area contributed by atoms with Gasteiger partial charge in [-0.15, -0.1) is 0 Å². The molecule has 2 aromatic rings. The molecule has 2 aromatic carbocycles. The Morgan fingerprint density at radius 3 is 2.62 bits per heavy atom. The van der Waals surface area contributed by atoms with Gasteiger partial charge in [0.1, 0.15) is 0 Å². The van der Waals surface area contributed by atoms with Gasteiger partial charge in [0.15, 0.2) is 11.5 Å². The summed E-state index contributed by atoms with van der Waals surface area (Å²) in [6.07, 6.45) is 2.92. The Morgan fingerprint density at radius 2 is 1.83 bits per heavy atom. The number of ether oxygens (including phenoxy) is 2. The Bertz CT molecular complexity index is 830. The summed E-state index contributed by atoms with van der Waals surface area (Å²) in [7, 11) is 0. The maximum Gasteiger partial charge on any atom is 0.231 e. The van der Waals surface area contributed by atoms with Crippen molar-refractivity contribution in [2.75, 3.05) is 36.6 Å². The van der Waals surface area contributed by atoms with Crippen molar-refractivity contribution in [3.63, 3.8) is 0 Å². The summed E-state index contributed by atoms with van der Waals surface area (Å²) in [4.78, 5) is 14.6. The van der Waals surface area contributed by atoms with Crippen LogP contribution in [0.1, 0.15) is 31.7 Å². The smallest absolute Gasteiger partial charge is 0.231 e. The van der Waals surface area contributed by atoms with Crippen molar-refractivity contribution in [1.82, 2.24) is 5.32 Å². The second-order valence-corrected chi connectivity index (χ2v) is 7.88. The summed E-state index contributed by atoms with van der Waals surface area (Å²) < 4.78 is 10.7. The molecule has 0 aliphatic carbocycles. The second-order valence-electron chi connectivity index (χ2n) is 7.88.